The van der Waals surface area contributed by atoms with Crippen molar-refractivity contribution in [1.82, 2.24) is 20.4 Å². The number of nitrogens with one attached hydrogen (secondary N) is 1. The number of fused-ring (bicyclic) bond motifs is 7. The summed E-state index contributed by atoms with van der Waals surface area (Å²) in [6.45, 7) is 6.78. The molecule has 2 aliphatic carbocycles. The van der Waals surface area contributed by atoms with Crippen LogP contribution in [0.3, 0.4) is 0 Å². The van der Waals surface area contributed by atoms with Crippen molar-refractivity contribution in [2.75, 3.05) is 20.9 Å². The molecule has 1 aliphatic heterocycles. The Labute approximate surface area is 158 Å². The van der Waals surface area contributed by atoms with Crippen LogP contribution in [0, 0.1) is 5.41 Å². The molecule has 1 N–H and O–H groups in total. The van der Waals surface area contributed by atoms with E-state index in [4.69, 9.17) is 19.4 Å². The highest BCUT2D eigenvalue weighted by Gasteiger charge is 2.73. The van der Waals surface area contributed by atoms with E-state index in [0.29, 0.717) is 11.5 Å². The van der Waals surface area contributed by atoms with E-state index < -0.39 is 5.41 Å². The third kappa shape index (κ3) is 1.78. The average molecular weight is 368 g/mol. The lowest BCUT2D eigenvalue weighted by Crippen LogP contribution is -2.54. The Morgan fingerprint density at radius 3 is 2.22 bits per heavy atom. The standard InChI is InChI=1S/C20H24N4O3/c1-18(2)19(3)6-7-20(18,17(25)23-24(4)5)16-15(19)21-11-8-13-14(27-10-26-13)9-12(11)22-16/h8-9H,6-7,10H2,1-5H3,(H,23,25). The van der Waals surface area contributed by atoms with Gasteiger partial charge in [0.1, 0.15) is 5.41 Å². The molecule has 0 radical (unpaired) electrons. The van der Waals surface area contributed by atoms with Crippen LogP contribution in [0.4, 0.5) is 0 Å². The van der Waals surface area contributed by atoms with Crippen molar-refractivity contribution in [2.45, 2.75) is 44.4 Å². The minimum absolute atomic E-state index is 0.00521. The summed E-state index contributed by atoms with van der Waals surface area (Å²) in [6, 6.07) is 3.75. The summed E-state index contributed by atoms with van der Waals surface area (Å²) in [7, 11) is 3.66. The maximum atomic E-state index is 13.4. The lowest BCUT2D eigenvalue weighted by atomic mass is 9.63. The van der Waals surface area contributed by atoms with Crippen molar-refractivity contribution in [3.05, 3.63) is 23.5 Å². The normalized spacial score (nSPS) is 29.4. The van der Waals surface area contributed by atoms with E-state index in [1.165, 1.54) is 0 Å². The van der Waals surface area contributed by atoms with Gasteiger partial charge in [0.25, 0.3) is 0 Å². The van der Waals surface area contributed by atoms with Crippen LogP contribution in [0.25, 0.3) is 11.0 Å². The molecule has 0 saturated heterocycles. The average Bonchev–Trinajstić information content (AvgIpc) is 3.16. The van der Waals surface area contributed by atoms with Gasteiger partial charge in [-0.25, -0.2) is 15.0 Å². The second-order valence-corrected chi connectivity index (χ2v) is 8.81. The molecule has 2 atom stereocenters. The number of carbonyl (C=O) groups is 1. The minimum Gasteiger partial charge on any atom is -0.454 e. The Kier molecular flexibility index (Phi) is 3.04. The van der Waals surface area contributed by atoms with E-state index in [0.717, 1.165) is 35.3 Å². The Morgan fingerprint density at radius 1 is 1.04 bits per heavy atom. The minimum atomic E-state index is -0.696. The van der Waals surface area contributed by atoms with Gasteiger partial charge in [-0.2, -0.15) is 0 Å². The molecule has 2 aromatic rings. The number of ether oxygens (including phenoxy) is 2. The van der Waals surface area contributed by atoms with Crippen molar-refractivity contribution in [3.63, 3.8) is 0 Å². The van der Waals surface area contributed by atoms with Crippen molar-refractivity contribution >= 4 is 16.9 Å². The summed E-state index contributed by atoms with van der Waals surface area (Å²) >= 11 is 0. The topological polar surface area (TPSA) is 76.6 Å². The number of hydrogen-bond donors (Lipinski definition) is 1. The number of rotatable bonds is 2. The quantitative estimate of drug-likeness (QED) is 0.820. The van der Waals surface area contributed by atoms with Gasteiger partial charge in [0.15, 0.2) is 11.5 Å². The summed E-state index contributed by atoms with van der Waals surface area (Å²) in [5.41, 5.74) is 5.07. The summed E-state index contributed by atoms with van der Waals surface area (Å²) in [5.74, 6) is 1.37. The number of amides is 1. The van der Waals surface area contributed by atoms with Crippen LogP contribution in [0.5, 0.6) is 11.5 Å². The maximum absolute atomic E-state index is 13.4. The molecule has 7 nitrogen and oxygen atoms in total. The Morgan fingerprint density at radius 2 is 1.63 bits per heavy atom. The third-order valence-corrected chi connectivity index (χ3v) is 7.24. The van der Waals surface area contributed by atoms with Gasteiger partial charge in [0.05, 0.1) is 22.4 Å². The van der Waals surface area contributed by atoms with Crippen molar-refractivity contribution in [3.8, 4) is 11.5 Å². The summed E-state index contributed by atoms with van der Waals surface area (Å²) in [6.07, 6.45) is 1.69. The molecule has 0 spiro atoms. The van der Waals surface area contributed by atoms with E-state index in [1.54, 1.807) is 5.01 Å². The summed E-state index contributed by atoms with van der Waals surface area (Å²) < 4.78 is 11.0. The maximum Gasteiger partial charge on any atom is 0.247 e. The monoisotopic (exact) mass is 368 g/mol. The molecule has 1 aromatic carbocycles. The highest BCUT2D eigenvalue weighted by molar-refractivity contribution is 5.93. The molecule has 1 fully saturated rings. The van der Waals surface area contributed by atoms with Gasteiger partial charge >= 0.3 is 0 Å². The second-order valence-electron chi connectivity index (χ2n) is 8.81. The van der Waals surface area contributed by atoms with Crippen LogP contribution >= 0.6 is 0 Å². The fraction of sp³-hybridized carbons (Fsp3) is 0.550. The van der Waals surface area contributed by atoms with E-state index in [1.807, 2.05) is 26.2 Å². The van der Waals surface area contributed by atoms with Crippen molar-refractivity contribution < 1.29 is 14.3 Å². The van der Waals surface area contributed by atoms with Crippen LogP contribution in [0.1, 0.15) is 45.0 Å². The van der Waals surface area contributed by atoms with Gasteiger partial charge in [-0.1, -0.05) is 20.8 Å². The predicted molar refractivity (Wildman–Crippen MR) is 99.5 cm³/mol. The molecule has 7 heteroatoms. The molecule has 2 bridgehead atoms. The smallest absolute Gasteiger partial charge is 0.247 e. The molecular formula is C20H24N4O3. The van der Waals surface area contributed by atoms with Crippen molar-refractivity contribution in [1.29, 1.82) is 0 Å². The molecule has 2 heterocycles. The van der Waals surface area contributed by atoms with Crippen molar-refractivity contribution in [2.24, 2.45) is 5.41 Å². The second kappa shape index (κ2) is 4.90. The largest absolute Gasteiger partial charge is 0.454 e. The Balaban J connectivity index is 1.78. The molecule has 3 aliphatic rings. The molecule has 1 aromatic heterocycles. The van der Waals surface area contributed by atoms with Crippen LogP contribution < -0.4 is 14.9 Å². The van der Waals surface area contributed by atoms with Gasteiger partial charge in [-0.3, -0.25) is 10.2 Å². The number of hydrogen-bond acceptors (Lipinski definition) is 6. The highest BCUT2D eigenvalue weighted by atomic mass is 16.7. The van der Waals surface area contributed by atoms with E-state index in [2.05, 4.69) is 26.2 Å². The van der Waals surface area contributed by atoms with Gasteiger partial charge in [0, 0.05) is 31.6 Å². The molecule has 1 amide bonds. The first-order valence-corrected chi connectivity index (χ1v) is 9.31. The van der Waals surface area contributed by atoms with Crippen LogP contribution in [0.2, 0.25) is 0 Å². The number of carbonyl (C=O) groups excluding carboxylic acids is 1. The van der Waals surface area contributed by atoms with E-state index >= 15 is 0 Å². The molecule has 27 heavy (non-hydrogen) atoms. The first-order valence-electron chi connectivity index (χ1n) is 9.31. The fourth-order valence-electron chi connectivity index (χ4n) is 5.29. The zero-order valence-electron chi connectivity index (χ0n) is 16.3. The lowest BCUT2D eigenvalue weighted by Gasteiger charge is -2.39. The highest BCUT2D eigenvalue weighted by Crippen LogP contribution is 2.70. The van der Waals surface area contributed by atoms with Crippen LogP contribution in [0.15, 0.2) is 12.1 Å². The zero-order chi connectivity index (χ0) is 19.2. The first-order chi connectivity index (χ1) is 12.7. The van der Waals surface area contributed by atoms with Gasteiger partial charge in [-0.15, -0.1) is 0 Å². The lowest BCUT2D eigenvalue weighted by molar-refractivity contribution is -0.134. The van der Waals surface area contributed by atoms with Gasteiger partial charge in [0.2, 0.25) is 12.7 Å². The Hall–Kier alpha value is -2.41. The third-order valence-electron chi connectivity index (χ3n) is 7.24. The van der Waals surface area contributed by atoms with Crippen LogP contribution in [-0.4, -0.2) is 41.8 Å². The zero-order valence-corrected chi connectivity index (χ0v) is 16.3. The number of benzene rings is 1. The first kappa shape index (κ1) is 16.7. The molecule has 1 saturated carbocycles. The SMILES string of the molecule is CN(C)NC(=O)C12CCC(C)(c3nc4cc5c(cc4nc31)OCO5)C2(C)C. The molecule has 2 unspecified atom stereocenters. The van der Waals surface area contributed by atoms with E-state index in [-0.39, 0.29) is 23.5 Å². The van der Waals surface area contributed by atoms with Gasteiger partial charge in [-0.05, 0) is 18.3 Å². The number of nitrogens with zero attached hydrogens (tertiary/aromatic N) is 3. The number of aromatic nitrogens is 2. The van der Waals surface area contributed by atoms with Crippen LogP contribution in [-0.2, 0) is 15.6 Å². The number of hydrazine groups is 1. The summed E-state index contributed by atoms with van der Waals surface area (Å²) in [4.78, 5) is 23.4. The Bertz CT molecular complexity index is 1000. The van der Waals surface area contributed by atoms with E-state index in [9.17, 15) is 4.79 Å². The fourth-order valence-corrected chi connectivity index (χ4v) is 5.29. The molecule has 5 rings (SSSR count). The summed E-state index contributed by atoms with van der Waals surface area (Å²) in [5, 5.41) is 1.70. The molecular weight excluding hydrogens is 344 g/mol. The predicted octanol–water partition coefficient (Wildman–Crippen LogP) is 2.28. The molecule has 142 valence electrons. The van der Waals surface area contributed by atoms with Gasteiger partial charge < -0.3 is 9.47 Å².